The van der Waals surface area contributed by atoms with E-state index < -0.39 is 0 Å². The zero-order chi connectivity index (χ0) is 14.2. The summed E-state index contributed by atoms with van der Waals surface area (Å²) in [5.74, 6) is 2.06. The first-order valence-corrected chi connectivity index (χ1v) is 8.30. The van der Waals surface area contributed by atoms with Gasteiger partial charge in [-0.15, -0.1) is 0 Å². The maximum absolute atomic E-state index is 5.38. The van der Waals surface area contributed by atoms with Gasteiger partial charge in [-0.3, -0.25) is 0 Å². The largest absolute Gasteiger partial charge is 0.346 e. The molecule has 4 heteroatoms. The van der Waals surface area contributed by atoms with Gasteiger partial charge >= 0.3 is 0 Å². The van der Waals surface area contributed by atoms with Crippen molar-refractivity contribution in [3.8, 4) is 0 Å². The van der Waals surface area contributed by atoms with Gasteiger partial charge in [-0.05, 0) is 52.9 Å². The number of nitrogens with one attached hydrogen (secondary N) is 1. The Kier molecular flexibility index (Phi) is 4.51. The minimum atomic E-state index is 0.429. The van der Waals surface area contributed by atoms with Gasteiger partial charge in [0.2, 0.25) is 0 Å². The summed E-state index contributed by atoms with van der Waals surface area (Å²) in [6.45, 7) is 9.08. The summed E-state index contributed by atoms with van der Waals surface area (Å²) in [4.78, 5) is 8.12. The summed E-state index contributed by atoms with van der Waals surface area (Å²) in [6, 6.07) is 0. The first-order valence-electron chi connectivity index (χ1n) is 7.10. The number of aromatic nitrogens is 2. The Morgan fingerprint density at radius 1 is 1.32 bits per heavy atom. The molecule has 0 aromatic carbocycles. The summed E-state index contributed by atoms with van der Waals surface area (Å²) < 4.78 is 1.65. The minimum Gasteiger partial charge on any atom is -0.346 e. The van der Waals surface area contributed by atoms with Crippen LogP contribution < -0.4 is 0 Å². The highest BCUT2D eigenvalue weighted by molar-refractivity contribution is 9.10. The van der Waals surface area contributed by atoms with E-state index in [1.54, 1.807) is 0 Å². The van der Waals surface area contributed by atoms with E-state index in [1.165, 1.54) is 31.4 Å². The number of hydrogen-bond acceptors (Lipinski definition) is 2. The molecule has 1 saturated carbocycles. The van der Waals surface area contributed by atoms with Gasteiger partial charge in [0.25, 0.3) is 0 Å². The van der Waals surface area contributed by atoms with Crippen LogP contribution in [0.5, 0.6) is 0 Å². The molecule has 0 aliphatic heterocycles. The van der Waals surface area contributed by atoms with E-state index in [9.17, 15) is 0 Å². The summed E-state index contributed by atoms with van der Waals surface area (Å²) >= 11 is 8.94. The van der Waals surface area contributed by atoms with Crippen molar-refractivity contribution in [3.63, 3.8) is 0 Å². The molecule has 0 amide bonds. The Morgan fingerprint density at radius 2 is 1.89 bits per heavy atom. The molecule has 1 aliphatic rings. The standard InChI is InChI=1S/C15H23BrN2S/c1-9(2)12-11(16)14(19)18-13(17-12)10-5-7-15(3,4)8-6-10/h9-10H,5-8H2,1-4H3,(H,17,18,19). The molecule has 0 saturated heterocycles. The van der Waals surface area contributed by atoms with Crippen LogP contribution in [0.25, 0.3) is 0 Å². The molecule has 106 valence electrons. The number of H-pyrrole nitrogens is 1. The van der Waals surface area contributed by atoms with Gasteiger partial charge in [-0.25, -0.2) is 4.98 Å². The van der Waals surface area contributed by atoms with Gasteiger partial charge < -0.3 is 4.98 Å². The van der Waals surface area contributed by atoms with Crippen LogP contribution in [0, 0.1) is 10.1 Å². The number of aromatic amines is 1. The molecule has 2 rings (SSSR count). The molecule has 1 aromatic rings. The van der Waals surface area contributed by atoms with Crippen LogP contribution in [-0.2, 0) is 0 Å². The van der Waals surface area contributed by atoms with Crippen LogP contribution in [0.3, 0.4) is 0 Å². The molecule has 0 spiro atoms. The van der Waals surface area contributed by atoms with Crippen LogP contribution in [0.15, 0.2) is 4.47 Å². The second-order valence-corrected chi connectivity index (χ2v) is 7.93. The summed E-state index contributed by atoms with van der Waals surface area (Å²) in [6.07, 6.45) is 4.97. The molecule has 0 atom stereocenters. The number of hydrogen-bond donors (Lipinski definition) is 1. The Labute approximate surface area is 129 Å². The molecule has 0 unspecified atom stereocenters. The zero-order valence-corrected chi connectivity index (χ0v) is 14.6. The van der Waals surface area contributed by atoms with E-state index in [0.717, 1.165) is 10.3 Å². The van der Waals surface area contributed by atoms with Crippen LogP contribution in [-0.4, -0.2) is 9.97 Å². The monoisotopic (exact) mass is 342 g/mol. The van der Waals surface area contributed by atoms with Crippen molar-refractivity contribution in [2.45, 2.75) is 65.2 Å². The quantitative estimate of drug-likeness (QED) is 0.697. The molecule has 0 bridgehead atoms. The van der Waals surface area contributed by atoms with Crippen molar-refractivity contribution < 1.29 is 0 Å². The molecule has 1 fully saturated rings. The predicted molar refractivity (Wildman–Crippen MR) is 86.2 cm³/mol. The van der Waals surface area contributed by atoms with Gasteiger partial charge in [0.15, 0.2) is 0 Å². The topological polar surface area (TPSA) is 28.7 Å². The lowest BCUT2D eigenvalue weighted by molar-refractivity contribution is 0.220. The van der Waals surface area contributed by atoms with Crippen molar-refractivity contribution in [3.05, 3.63) is 20.6 Å². The van der Waals surface area contributed by atoms with Gasteiger partial charge in [-0.1, -0.05) is 39.9 Å². The molecule has 19 heavy (non-hydrogen) atoms. The Hall–Kier alpha value is -0.220. The molecule has 1 N–H and O–H groups in total. The number of nitrogens with zero attached hydrogens (tertiary/aromatic N) is 1. The molecule has 1 aromatic heterocycles. The van der Waals surface area contributed by atoms with Crippen molar-refractivity contribution in [1.29, 1.82) is 0 Å². The Bertz CT molecular complexity index is 509. The SMILES string of the molecule is CC(C)c1[nH]c(C2CCC(C)(C)CC2)nc(=S)c1Br. The lowest BCUT2D eigenvalue weighted by Crippen LogP contribution is -2.21. The van der Waals surface area contributed by atoms with Crippen molar-refractivity contribution >= 4 is 28.1 Å². The van der Waals surface area contributed by atoms with Crippen molar-refractivity contribution in [2.24, 2.45) is 5.41 Å². The number of rotatable bonds is 2. The van der Waals surface area contributed by atoms with Gasteiger partial charge in [0.1, 0.15) is 10.5 Å². The Balaban J connectivity index is 2.29. The average Bonchev–Trinajstić information content (AvgIpc) is 2.32. The Morgan fingerprint density at radius 3 is 2.42 bits per heavy atom. The van der Waals surface area contributed by atoms with Gasteiger partial charge in [0, 0.05) is 11.6 Å². The van der Waals surface area contributed by atoms with E-state index in [1.807, 2.05) is 0 Å². The first-order chi connectivity index (χ1) is 8.80. The highest BCUT2D eigenvalue weighted by Gasteiger charge is 2.29. The normalized spacial score (nSPS) is 19.9. The van der Waals surface area contributed by atoms with E-state index in [-0.39, 0.29) is 0 Å². The molecular formula is C15H23BrN2S. The van der Waals surface area contributed by atoms with Gasteiger partial charge in [0.05, 0.1) is 4.47 Å². The third-order valence-electron chi connectivity index (χ3n) is 4.21. The maximum atomic E-state index is 5.38. The van der Waals surface area contributed by atoms with Gasteiger partial charge in [-0.2, -0.15) is 0 Å². The fraction of sp³-hybridized carbons (Fsp3) is 0.733. The molecule has 2 nitrogen and oxygen atoms in total. The smallest absolute Gasteiger partial charge is 0.144 e. The van der Waals surface area contributed by atoms with Crippen LogP contribution >= 0.6 is 28.1 Å². The van der Waals surface area contributed by atoms with Crippen molar-refractivity contribution in [1.82, 2.24) is 9.97 Å². The third kappa shape index (κ3) is 3.46. The average molecular weight is 343 g/mol. The molecule has 1 heterocycles. The van der Waals surface area contributed by atoms with Crippen LogP contribution in [0.2, 0.25) is 0 Å². The second-order valence-electron chi connectivity index (χ2n) is 6.75. The highest BCUT2D eigenvalue weighted by atomic mass is 79.9. The maximum Gasteiger partial charge on any atom is 0.144 e. The first kappa shape index (κ1) is 15.2. The molecular weight excluding hydrogens is 320 g/mol. The third-order valence-corrected chi connectivity index (χ3v) is 5.57. The molecule has 1 aliphatic carbocycles. The summed E-state index contributed by atoms with van der Waals surface area (Å²) in [5, 5.41) is 0. The summed E-state index contributed by atoms with van der Waals surface area (Å²) in [5.41, 5.74) is 1.67. The summed E-state index contributed by atoms with van der Waals surface area (Å²) in [7, 11) is 0. The predicted octanol–water partition coefficient (Wildman–Crippen LogP) is 5.71. The van der Waals surface area contributed by atoms with E-state index in [2.05, 4.69) is 53.6 Å². The molecule has 0 radical (unpaired) electrons. The number of halogens is 1. The second kappa shape index (κ2) is 5.65. The minimum absolute atomic E-state index is 0.429. The lowest BCUT2D eigenvalue weighted by atomic mass is 9.73. The van der Waals surface area contributed by atoms with E-state index in [4.69, 9.17) is 12.2 Å². The van der Waals surface area contributed by atoms with E-state index in [0.29, 0.717) is 21.9 Å². The fourth-order valence-electron chi connectivity index (χ4n) is 2.76. The highest BCUT2D eigenvalue weighted by Crippen LogP contribution is 2.41. The van der Waals surface area contributed by atoms with Crippen LogP contribution in [0.1, 0.15) is 76.7 Å². The van der Waals surface area contributed by atoms with E-state index >= 15 is 0 Å². The zero-order valence-electron chi connectivity index (χ0n) is 12.2. The lowest BCUT2D eigenvalue weighted by Gasteiger charge is -2.34. The van der Waals surface area contributed by atoms with Crippen molar-refractivity contribution in [2.75, 3.05) is 0 Å². The fourth-order valence-corrected chi connectivity index (χ4v) is 3.61. The van der Waals surface area contributed by atoms with Crippen LogP contribution in [0.4, 0.5) is 0 Å².